The minimum absolute atomic E-state index is 0.401. The Morgan fingerprint density at radius 2 is 2.15 bits per heavy atom. The Labute approximate surface area is 76.2 Å². The van der Waals surface area contributed by atoms with Crippen LogP contribution in [0, 0.1) is 0 Å². The number of oxime groups is 1. The van der Waals surface area contributed by atoms with Crippen molar-refractivity contribution in [2.45, 2.75) is 0 Å². The highest BCUT2D eigenvalue weighted by molar-refractivity contribution is 6.03. The van der Waals surface area contributed by atoms with Gasteiger partial charge < -0.3 is 10.2 Å². The van der Waals surface area contributed by atoms with E-state index < -0.39 is 0 Å². The molecule has 0 saturated carbocycles. The molecular formula is C9H10N2O2. The minimum atomic E-state index is 0.401. The summed E-state index contributed by atoms with van der Waals surface area (Å²) in [7, 11) is 1.43. The Morgan fingerprint density at radius 3 is 2.69 bits per heavy atom. The highest BCUT2D eigenvalue weighted by Crippen LogP contribution is 1.98. The van der Waals surface area contributed by atoms with E-state index in [-0.39, 0.29) is 0 Å². The van der Waals surface area contributed by atoms with Gasteiger partial charge in [-0.25, -0.2) is 0 Å². The first kappa shape index (κ1) is 9.25. The summed E-state index contributed by atoms with van der Waals surface area (Å²) in [5.41, 5.74) is 0.802. The van der Waals surface area contributed by atoms with Crippen LogP contribution < -0.4 is 5.32 Å². The molecule has 0 unspecified atom stereocenters. The molecule has 0 aliphatic carbocycles. The molecule has 0 saturated heterocycles. The van der Waals surface area contributed by atoms with Gasteiger partial charge in [0.25, 0.3) is 0 Å². The Balaban J connectivity index is 2.89. The van der Waals surface area contributed by atoms with Gasteiger partial charge in [0.15, 0.2) is 5.84 Å². The third-order valence-corrected chi connectivity index (χ3v) is 1.43. The normalized spacial score (nSPS) is 10.7. The van der Waals surface area contributed by atoms with Gasteiger partial charge in [0.05, 0.1) is 0 Å². The van der Waals surface area contributed by atoms with E-state index in [0.717, 1.165) is 5.56 Å². The fourth-order valence-electron chi connectivity index (χ4n) is 0.906. The number of amides is 1. The highest BCUT2D eigenvalue weighted by atomic mass is 16.6. The molecule has 0 bridgehead atoms. The number of nitrogens with zero attached hydrogens (tertiary/aromatic N) is 1. The smallest absolute Gasteiger partial charge is 0.212 e. The van der Waals surface area contributed by atoms with Crippen molar-refractivity contribution in [2.75, 3.05) is 7.11 Å². The third-order valence-electron chi connectivity index (χ3n) is 1.43. The number of amidine groups is 1. The molecule has 1 aromatic carbocycles. The second kappa shape index (κ2) is 4.92. The second-order valence-electron chi connectivity index (χ2n) is 2.25. The Bertz CT molecular complexity index is 296. The van der Waals surface area contributed by atoms with Crippen LogP contribution >= 0.6 is 0 Å². The van der Waals surface area contributed by atoms with Crippen molar-refractivity contribution in [3.63, 3.8) is 0 Å². The van der Waals surface area contributed by atoms with E-state index in [1.807, 2.05) is 30.3 Å². The van der Waals surface area contributed by atoms with Crippen molar-refractivity contribution in [3.05, 3.63) is 35.9 Å². The fraction of sp³-hybridized carbons (Fsp3) is 0.111. The molecule has 0 aliphatic heterocycles. The first-order valence-electron chi connectivity index (χ1n) is 3.75. The number of hydrogen-bond acceptors (Lipinski definition) is 3. The molecule has 0 fully saturated rings. The topological polar surface area (TPSA) is 50.7 Å². The summed E-state index contributed by atoms with van der Waals surface area (Å²) >= 11 is 0. The second-order valence-corrected chi connectivity index (χ2v) is 2.25. The number of rotatable bonds is 3. The van der Waals surface area contributed by atoms with Crippen LogP contribution in [-0.4, -0.2) is 19.4 Å². The van der Waals surface area contributed by atoms with Gasteiger partial charge in [0.2, 0.25) is 6.41 Å². The molecule has 1 N–H and O–H groups in total. The molecule has 4 heteroatoms. The summed E-state index contributed by atoms with van der Waals surface area (Å²) in [5.74, 6) is 0.401. The van der Waals surface area contributed by atoms with Crippen molar-refractivity contribution in [1.82, 2.24) is 5.32 Å². The molecule has 0 radical (unpaired) electrons. The van der Waals surface area contributed by atoms with Crippen LogP contribution in [-0.2, 0) is 9.63 Å². The molecule has 0 aromatic heterocycles. The minimum Gasteiger partial charge on any atom is -0.397 e. The number of carbonyl (C=O) groups excluding carboxylic acids is 1. The van der Waals surface area contributed by atoms with Gasteiger partial charge in [0.1, 0.15) is 7.11 Å². The zero-order chi connectivity index (χ0) is 9.52. The van der Waals surface area contributed by atoms with E-state index in [4.69, 9.17) is 0 Å². The van der Waals surface area contributed by atoms with Gasteiger partial charge in [-0.15, -0.1) is 0 Å². The van der Waals surface area contributed by atoms with Crippen LogP contribution in [0.2, 0.25) is 0 Å². The lowest BCUT2D eigenvalue weighted by Crippen LogP contribution is -2.22. The Hall–Kier alpha value is -1.84. The van der Waals surface area contributed by atoms with Gasteiger partial charge >= 0.3 is 0 Å². The zero-order valence-corrected chi connectivity index (χ0v) is 7.23. The molecular weight excluding hydrogens is 168 g/mol. The maximum atomic E-state index is 10.2. The maximum absolute atomic E-state index is 10.2. The molecule has 1 rings (SSSR count). The molecule has 0 spiro atoms. The summed E-state index contributed by atoms with van der Waals surface area (Å²) in [5, 5.41) is 6.10. The predicted molar refractivity (Wildman–Crippen MR) is 49.2 cm³/mol. The van der Waals surface area contributed by atoms with Crippen LogP contribution in [0.5, 0.6) is 0 Å². The van der Waals surface area contributed by atoms with Gasteiger partial charge in [-0.05, 0) is 0 Å². The van der Waals surface area contributed by atoms with Gasteiger partial charge in [0, 0.05) is 5.56 Å². The van der Waals surface area contributed by atoms with E-state index >= 15 is 0 Å². The lowest BCUT2D eigenvalue weighted by atomic mass is 10.2. The van der Waals surface area contributed by atoms with E-state index in [1.54, 1.807) is 0 Å². The van der Waals surface area contributed by atoms with Crippen LogP contribution in [0.3, 0.4) is 0 Å². The average molecular weight is 178 g/mol. The predicted octanol–water partition coefficient (Wildman–Crippen LogP) is 0.741. The van der Waals surface area contributed by atoms with Crippen molar-refractivity contribution in [1.29, 1.82) is 0 Å². The first-order valence-corrected chi connectivity index (χ1v) is 3.75. The van der Waals surface area contributed by atoms with Crippen molar-refractivity contribution in [3.8, 4) is 0 Å². The Kier molecular flexibility index (Phi) is 3.50. The van der Waals surface area contributed by atoms with E-state index in [2.05, 4.69) is 15.3 Å². The zero-order valence-electron chi connectivity index (χ0n) is 7.23. The standard InChI is InChI=1S/C9H10N2O2/c1-13-11-9(10-7-12)8-5-3-2-4-6-8/h2-7H,1H3,(H,10,11,12). The highest BCUT2D eigenvalue weighted by Gasteiger charge is 2.00. The first-order chi connectivity index (χ1) is 6.38. The van der Waals surface area contributed by atoms with E-state index in [9.17, 15) is 4.79 Å². The summed E-state index contributed by atoms with van der Waals surface area (Å²) in [6.07, 6.45) is 0.560. The SMILES string of the molecule is CO/N=C(\NC=O)c1ccccc1. The molecule has 4 nitrogen and oxygen atoms in total. The van der Waals surface area contributed by atoms with Crippen LogP contribution in [0.15, 0.2) is 35.5 Å². The molecule has 1 aromatic rings. The summed E-state index contributed by atoms with van der Waals surface area (Å²) < 4.78 is 0. The fourth-order valence-corrected chi connectivity index (χ4v) is 0.906. The molecule has 1 amide bonds. The van der Waals surface area contributed by atoms with Crippen molar-refractivity contribution < 1.29 is 9.63 Å². The summed E-state index contributed by atoms with van der Waals surface area (Å²) in [4.78, 5) is 14.8. The monoisotopic (exact) mass is 178 g/mol. The van der Waals surface area contributed by atoms with Crippen molar-refractivity contribution >= 4 is 12.2 Å². The maximum Gasteiger partial charge on any atom is 0.212 e. The average Bonchev–Trinajstić information content (AvgIpc) is 2.19. The molecule has 13 heavy (non-hydrogen) atoms. The molecule has 0 heterocycles. The number of nitrogens with one attached hydrogen (secondary N) is 1. The van der Waals surface area contributed by atoms with Gasteiger partial charge in [-0.2, -0.15) is 0 Å². The summed E-state index contributed by atoms with van der Waals surface area (Å²) in [6.45, 7) is 0. The quantitative estimate of drug-likeness (QED) is 0.321. The summed E-state index contributed by atoms with van der Waals surface area (Å²) in [6, 6.07) is 9.25. The third kappa shape index (κ3) is 2.59. The number of benzene rings is 1. The molecule has 0 atom stereocenters. The Morgan fingerprint density at radius 1 is 1.46 bits per heavy atom. The van der Waals surface area contributed by atoms with E-state index in [1.165, 1.54) is 7.11 Å². The number of carbonyl (C=O) groups is 1. The van der Waals surface area contributed by atoms with Crippen LogP contribution in [0.1, 0.15) is 5.56 Å². The van der Waals surface area contributed by atoms with Gasteiger partial charge in [-0.1, -0.05) is 35.5 Å². The van der Waals surface area contributed by atoms with E-state index in [0.29, 0.717) is 12.2 Å². The van der Waals surface area contributed by atoms with Crippen molar-refractivity contribution in [2.24, 2.45) is 5.16 Å². The lowest BCUT2D eigenvalue weighted by molar-refractivity contribution is -0.108. The van der Waals surface area contributed by atoms with Crippen LogP contribution in [0.4, 0.5) is 0 Å². The van der Waals surface area contributed by atoms with Crippen LogP contribution in [0.25, 0.3) is 0 Å². The molecule has 0 aliphatic rings. The number of hydrogen-bond donors (Lipinski definition) is 1. The lowest BCUT2D eigenvalue weighted by Gasteiger charge is -2.02. The molecule has 68 valence electrons. The largest absolute Gasteiger partial charge is 0.397 e. The van der Waals surface area contributed by atoms with Gasteiger partial charge in [-0.3, -0.25) is 4.79 Å².